The number of rotatable bonds is 4. The molecular weight excluding hydrogens is 332 g/mol. The van der Waals surface area contributed by atoms with Crippen LogP contribution in [-0.4, -0.2) is 27.7 Å². The van der Waals surface area contributed by atoms with Crippen LogP contribution in [0.15, 0.2) is 24.3 Å². The molecule has 2 aromatic rings. The summed E-state index contributed by atoms with van der Waals surface area (Å²) in [6.07, 6.45) is 3.85. The summed E-state index contributed by atoms with van der Waals surface area (Å²) < 4.78 is 0. The van der Waals surface area contributed by atoms with Gasteiger partial charge in [-0.25, -0.2) is 4.79 Å². The summed E-state index contributed by atoms with van der Waals surface area (Å²) in [7, 11) is 0. The molecule has 0 aliphatic carbocycles. The molecule has 3 rings (SSSR count). The summed E-state index contributed by atoms with van der Waals surface area (Å²) in [5.41, 5.74) is 1.08. The van der Waals surface area contributed by atoms with Crippen molar-refractivity contribution in [3.63, 3.8) is 0 Å². The molecule has 1 aromatic heterocycles. The second kappa shape index (κ2) is 7.27. The number of aryl methyl sites for hydroxylation is 1. The molecular formula is C16H19ClN4OS. The van der Waals surface area contributed by atoms with E-state index in [1.807, 2.05) is 29.2 Å². The Morgan fingerprint density at radius 2 is 2.35 bits per heavy atom. The van der Waals surface area contributed by atoms with Crippen molar-refractivity contribution in [2.75, 3.05) is 11.9 Å². The second-order valence-corrected chi connectivity index (χ2v) is 7.09. The highest BCUT2D eigenvalue weighted by Crippen LogP contribution is 2.33. The summed E-state index contributed by atoms with van der Waals surface area (Å²) >= 11 is 7.52. The van der Waals surface area contributed by atoms with Crippen molar-refractivity contribution in [1.82, 2.24) is 15.1 Å². The lowest BCUT2D eigenvalue weighted by Crippen LogP contribution is -2.34. The third kappa shape index (κ3) is 3.82. The van der Waals surface area contributed by atoms with Gasteiger partial charge in [0, 0.05) is 18.0 Å². The molecule has 2 amide bonds. The molecule has 1 aromatic carbocycles. The quantitative estimate of drug-likeness (QED) is 0.882. The van der Waals surface area contributed by atoms with Crippen LogP contribution in [0, 0.1) is 0 Å². The van der Waals surface area contributed by atoms with E-state index in [-0.39, 0.29) is 12.1 Å². The Labute approximate surface area is 144 Å². The van der Waals surface area contributed by atoms with Gasteiger partial charge >= 0.3 is 6.03 Å². The van der Waals surface area contributed by atoms with E-state index in [1.54, 1.807) is 0 Å². The predicted octanol–water partition coefficient (Wildman–Crippen LogP) is 4.51. The Balaban J connectivity index is 1.70. The first-order valence-corrected chi connectivity index (χ1v) is 9.02. The normalized spacial score (nSPS) is 17.5. The molecule has 2 heterocycles. The van der Waals surface area contributed by atoms with Gasteiger partial charge in [0.05, 0.1) is 6.04 Å². The van der Waals surface area contributed by atoms with E-state index in [9.17, 15) is 4.79 Å². The van der Waals surface area contributed by atoms with E-state index in [2.05, 4.69) is 22.4 Å². The van der Waals surface area contributed by atoms with Gasteiger partial charge in [0.2, 0.25) is 5.13 Å². The number of carbonyl (C=O) groups excluding carboxylic acids is 1. The van der Waals surface area contributed by atoms with E-state index in [0.717, 1.165) is 42.8 Å². The van der Waals surface area contributed by atoms with E-state index in [1.165, 1.54) is 11.3 Å². The molecule has 1 N–H and O–H groups in total. The molecule has 0 spiro atoms. The molecule has 122 valence electrons. The summed E-state index contributed by atoms with van der Waals surface area (Å²) in [6.45, 7) is 2.84. The minimum absolute atomic E-state index is 0.0664. The largest absolute Gasteiger partial charge is 0.324 e. The molecule has 1 aliphatic heterocycles. The monoisotopic (exact) mass is 350 g/mol. The van der Waals surface area contributed by atoms with Crippen LogP contribution in [-0.2, 0) is 6.42 Å². The number of aromatic nitrogens is 2. The van der Waals surface area contributed by atoms with E-state index in [4.69, 9.17) is 11.6 Å². The number of benzene rings is 1. The van der Waals surface area contributed by atoms with E-state index < -0.39 is 0 Å². The topological polar surface area (TPSA) is 58.1 Å². The zero-order chi connectivity index (χ0) is 16.2. The second-order valence-electron chi connectivity index (χ2n) is 5.59. The number of nitrogens with zero attached hydrogens (tertiary/aromatic N) is 3. The molecule has 1 saturated heterocycles. The summed E-state index contributed by atoms with van der Waals surface area (Å²) in [6, 6.07) is 7.67. The van der Waals surface area contributed by atoms with E-state index >= 15 is 0 Å². The first-order valence-electron chi connectivity index (χ1n) is 7.83. The van der Waals surface area contributed by atoms with Crippen LogP contribution in [0.3, 0.4) is 0 Å². The zero-order valence-electron chi connectivity index (χ0n) is 13.0. The van der Waals surface area contributed by atoms with E-state index in [0.29, 0.717) is 10.2 Å². The summed E-state index contributed by atoms with van der Waals surface area (Å²) in [5, 5.41) is 13.2. The Morgan fingerprint density at radius 3 is 3.13 bits per heavy atom. The van der Waals surface area contributed by atoms with Crippen molar-refractivity contribution in [1.29, 1.82) is 0 Å². The highest BCUT2D eigenvalue weighted by atomic mass is 35.5. The molecule has 23 heavy (non-hydrogen) atoms. The molecule has 5 nitrogen and oxygen atoms in total. The first-order chi connectivity index (χ1) is 11.2. The van der Waals surface area contributed by atoms with Gasteiger partial charge in [0.25, 0.3) is 0 Å². The predicted molar refractivity (Wildman–Crippen MR) is 93.1 cm³/mol. The Bertz CT molecular complexity index is 690. The Hall–Kier alpha value is -1.66. The standard InChI is InChI=1S/C16H19ClN4OS/c1-2-5-14-19-20-15(23-14)18-16(22)21-9-4-8-13(21)11-6-3-7-12(17)10-11/h3,6-7,10,13H,2,4-5,8-9H2,1H3,(H,18,20,22). The van der Waals surface area contributed by atoms with Gasteiger partial charge in [-0.15, -0.1) is 10.2 Å². The average Bonchev–Trinajstić information content (AvgIpc) is 3.17. The van der Waals surface area contributed by atoms with Gasteiger partial charge in [-0.2, -0.15) is 0 Å². The van der Waals surface area contributed by atoms with Crippen LogP contribution >= 0.6 is 22.9 Å². The van der Waals surface area contributed by atoms with Gasteiger partial charge in [-0.05, 0) is 37.0 Å². The van der Waals surface area contributed by atoms with Crippen molar-refractivity contribution >= 4 is 34.1 Å². The summed E-state index contributed by atoms with van der Waals surface area (Å²) in [4.78, 5) is 14.4. The maximum atomic E-state index is 12.6. The third-order valence-corrected chi connectivity index (χ3v) is 5.03. The number of hydrogen-bond donors (Lipinski definition) is 1. The fourth-order valence-corrected chi connectivity index (χ4v) is 3.88. The highest BCUT2D eigenvalue weighted by molar-refractivity contribution is 7.15. The summed E-state index contributed by atoms with van der Waals surface area (Å²) in [5.74, 6) is 0. The molecule has 0 radical (unpaired) electrons. The lowest BCUT2D eigenvalue weighted by atomic mass is 10.1. The van der Waals surface area contributed by atoms with Crippen LogP contribution in [0.1, 0.15) is 42.8 Å². The molecule has 7 heteroatoms. The van der Waals surface area contributed by atoms with Crippen molar-refractivity contribution < 1.29 is 4.79 Å². The number of carbonyl (C=O) groups is 1. The number of amides is 2. The third-order valence-electron chi connectivity index (χ3n) is 3.89. The molecule has 1 aliphatic rings. The van der Waals surface area contributed by atoms with Crippen LogP contribution in [0.4, 0.5) is 9.93 Å². The lowest BCUT2D eigenvalue weighted by Gasteiger charge is -2.24. The average molecular weight is 351 g/mol. The fraction of sp³-hybridized carbons (Fsp3) is 0.438. The van der Waals surface area contributed by atoms with Crippen LogP contribution in [0.2, 0.25) is 5.02 Å². The Morgan fingerprint density at radius 1 is 1.48 bits per heavy atom. The maximum absolute atomic E-state index is 12.6. The van der Waals surface area contributed by atoms with Crippen molar-refractivity contribution in [2.45, 2.75) is 38.6 Å². The number of halogens is 1. The van der Waals surface area contributed by atoms with Crippen LogP contribution < -0.4 is 5.32 Å². The number of urea groups is 1. The van der Waals surface area contributed by atoms with Gasteiger partial charge in [0.1, 0.15) is 5.01 Å². The molecule has 0 bridgehead atoms. The zero-order valence-corrected chi connectivity index (χ0v) is 14.5. The molecule has 1 fully saturated rings. The number of hydrogen-bond acceptors (Lipinski definition) is 4. The van der Waals surface area contributed by atoms with Gasteiger partial charge in [-0.1, -0.05) is 42.0 Å². The highest BCUT2D eigenvalue weighted by Gasteiger charge is 2.30. The lowest BCUT2D eigenvalue weighted by molar-refractivity contribution is 0.207. The molecule has 0 saturated carbocycles. The minimum atomic E-state index is -0.119. The van der Waals surface area contributed by atoms with Gasteiger partial charge in [-0.3, -0.25) is 5.32 Å². The van der Waals surface area contributed by atoms with Gasteiger partial charge < -0.3 is 4.90 Å². The van der Waals surface area contributed by atoms with Crippen LogP contribution in [0.5, 0.6) is 0 Å². The molecule has 1 unspecified atom stereocenters. The van der Waals surface area contributed by atoms with Crippen LogP contribution in [0.25, 0.3) is 0 Å². The minimum Gasteiger partial charge on any atom is -0.317 e. The SMILES string of the molecule is CCCc1nnc(NC(=O)N2CCCC2c2cccc(Cl)c2)s1. The smallest absolute Gasteiger partial charge is 0.317 e. The number of likely N-dealkylation sites (tertiary alicyclic amines) is 1. The van der Waals surface area contributed by atoms with Crippen molar-refractivity contribution in [2.24, 2.45) is 0 Å². The molecule has 1 atom stereocenters. The first kappa shape index (κ1) is 16.2. The Kier molecular flexibility index (Phi) is 5.13. The van der Waals surface area contributed by atoms with Gasteiger partial charge in [0.15, 0.2) is 0 Å². The van der Waals surface area contributed by atoms with Crippen molar-refractivity contribution in [3.8, 4) is 0 Å². The van der Waals surface area contributed by atoms with Crippen molar-refractivity contribution in [3.05, 3.63) is 39.9 Å². The maximum Gasteiger partial charge on any atom is 0.324 e. The number of anilines is 1. The fourth-order valence-electron chi connectivity index (χ4n) is 2.85. The number of nitrogens with one attached hydrogen (secondary N) is 1.